The van der Waals surface area contributed by atoms with E-state index in [0.29, 0.717) is 18.8 Å². The first-order valence-corrected chi connectivity index (χ1v) is 7.86. The fourth-order valence-electron chi connectivity index (χ4n) is 3.11. The van der Waals surface area contributed by atoms with Crippen LogP contribution in [0.5, 0.6) is 5.75 Å². The minimum atomic E-state index is -4.75. The van der Waals surface area contributed by atoms with Crippen molar-refractivity contribution in [2.24, 2.45) is 0 Å². The van der Waals surface area contributed by atoms with Gasteiger partial charge in [0.15, 0.2) is 5.60 Å². The maximum absolute atomic E-state index is 12.9. The molecule has 2 N–H and O–H groups in total. The molecule has 1 aromatic rings. The zero-order chi connectivity index (χ0) is 17.4. The Morgan fingerprint density at radius 1 is 1.38 bits per heavy atom. The number of nitrogens with zero attached hydrogens (tertiary/aromatic N) is 1. The number of urea groups is 1. The molecular weight excluding hydrogens is 325 g/mol. The highest BCUT2D eigenvalue weighted by Gasteiger charge is 2.57. The van der Waals surface area contributed by atoms with Gasteiger partial charge in [-0.15, -0.1) is 0 Å². The third kappa shape index (κ3) is 3.15. The first kappa shape index (κ1) is 16.9. The summed E-state index contributed by atoms with van der Waals surface area (Å²) in [5.41, 5.74) is -2.01. The molecule has 0 radical (unpaired) electrons. The van der Waals surface area contributed by atoms with Gasteiger partial charge in [0.1, 0.15) is 5.75 Å². The number of ether oxygens (including phenoxy) is 1. The Morgan fingerprint density at radius 2 is 2.12 bits per heavy atom. The number of likely N-dealkylation sites (tertiary alicyclic amines) is 1. The summed E-state index contributed by atoms with van der Waals surface area (Å²) in [5, 5.41) is 12.5. The van der Waals surface area contributed by atoms with Crippen LogP contribution >= 0.6 is 0 Å². The predicted molar refractivity (Wildman–Crippen MR) is 79.6 cm³/mol. The molecule has 0 bridgehead atoms. The van der Waals surface area contributed by atoms with E-state index in [9.17, 15) is 23.1 Å². The number of benzene rings is 1. The highest BCUT2D eigenvalue weighted by molar-refractivity contribution is 5.75. The van der Waals surface area contributed by atoms with E-state index in [4.69, 9.17) is 4.74 Å². The van der Waals surface area contributed by atoms with E-state index in [2.05, 4.69) is 5.32 Å². The average molecular weight is 344 g/mol. The number of nitrogens with one attached hydrogen (secondary N) is 1. The predicted octanol–water partition coefficient (Wildman–Crippen LogP) is 2.61. The highest BCUT2D eigenvalue weighted by atomic mass is 19.4. The van der Waals surface area contributed by atoms with Gasteiger partial charge in [0, 0.05) is 18.5 Å². The molecule has 1 fully saturated rings. The minimum Gasteiger partial charge on any atom is -0.493 e. The van der Waals surface area contributed by atoms with Gasteiger partial charge in [0.25, 0.3) is 0 Å². The Bertz CT molecular complexity index is 623. The number of para-hydroxylation sites is 1. The van der Waals surface area contributed by atoms with Gasteiger partial charge >= 0.3 is 12.2 Å². The zero-order valence-corrected chi connectivity index (χ0v) is 13.0. The molecule has 1 aromatic carbocycles. The van der Waals surface area contributed by atoms with Crippen LogP contribution in [0.25, 0.3) is 0 Å². The van der Waals surface area contributed by atoms with Crippen molar-refractivity contribution in [3.05, 3.63) is 29.8 Å². The number of carbonyl (C=O) groups excluding carboxylic acids is 1. The van der Waals surface area contributed by atoms with Crippen molar-refractivity contribution in [1.82, 2.24) is 10.2 Å². The fourth-order valence-corrected chi connectivity index (χ4v) is 3.11. The van der Waals surface area contributed by atoms with Crippen molar-refractivity contribution in [2.75, 3.05) is 19.7 Å². The third-order valence-corrected chi connectivity index (χ3v) is 4.55. The first-order chi connectivity index (χ1) is 11.3. The lowest BCUT2D eigenvalue weighted by Gasteiger charge is -2.27. The van der Waals surface area contributed by atoms with Crippen LogP contribution in [0.3, 0.4) is 0 Å². The molecule has 24 heavy (non-hydrogen) atoms. The molecule has 5 nitrogen and oxygen atoms in total. The Hall–Kier alpha value is -1.96. The molecule has 2 atom stereocenters. The van der Waals surface area contributed by atoms with E-state index in [1.807, 2.05) is 18.2 Å². The molecule has 2 amide bonds. The normalized spacial score (nSPS) is 27.2. The largest absolute Gasteiger partial charge is 0.493 e. The Labute approximate surface area is 137 Å². The Morgan fingerprint density at radius 3 is 2.83 bits per heavy atom. The van der Waals surface area contributed by atoms with Gasteiger partial charge in [-0.1, -0.05) is 18.2 Å². The van der Waals surface area contributed by atoms with Crippen LogP contribution in [0, 0.1) is 0 Å². The summed E-state index contributed by atoms with van der Waals surface area (Å²) >= 11 is 0. The molecule has 132 valence electrons. The van der Waals surface area contributed by atoms with Crippen LogP contribution in [0.1, 0.15) is 30.9 Å². The average Bonchev–Trinajstić information content (AvgIpc) is 2.83. The summed E-state index contributed by atoms with van der Waals surface area (Å²) in [7, 11) is 0. The molecule has 0 aromatic heterocycles. The second-order valence-corrected chi connectivity index (χ2v) is 6.23. The van der Waals surface area contributed by atoms with Crippen molar-refractivity contribution >= 4 is 6.03 Å². The number of amides is 2. The van der Waals surface area contributed by atoms with Gasteiger partial charge in [-0.3, -0.25) is 0 Å². The maximum Gasteiger partial charge on any atom is 0.419 e. The van der Waals surface area contributed by atoms with E-state index < -0.39 is 30.8 Å². The number of aliphatic hydroxyl groups is 1. The van der Waals surface area contributed by atoms with E-state index in [-0.39, 0.29) is 12.6 Å². The molecule has 8 heteroatoms. The van der Waals surface area contributed by atoms with Crippen molar-refractivity contribution in [1.29, 1.82) is 0 Å². The number of alkyl halides is 3. The third-order valence-electron chi connectivity index (χ3n) is 4.55. The molecule has 2 aliphatic heterocycles. The molecule has 0 unspecified atom stereocenters. The molecular formula is C16H19F3N2O3. The summed E-state index contributed by atoms with van der Waals surface area (Å²) in [4.78, 5) is 13.4. The number of rotatable bonds is 1. The van der Waals surface area contributed by atoms with Crippen LogP contribution in [-0.4, -0.2) is 47.5 Å². The van der Waals surface area contributed by atoms with Gasteiger partial charge in [0.05, 0.1) is 19.2 Å². The molecule has 2 aliphatic rings. The smallest absolute Gasteiger partial charge is 0.419 e. The quantitative estimate of drug-likeness (QED) is 0.823. The monoisotopic (exact) mass is 344 g/mol. The van der Waals surface area contributed by atoms with Crippen LogP contribution in [0.15, 0.2) is 24.3 Å². The van der Waals surface area contributed by atoms with Crippen LogP contribution < -0.4 is 10.1 Å². The lowest BCUT2D eigenvalue weighted by molar-refractivity contribution is -0.253. The number of carbonyl (C=O) groups is 1. The SMILES string of the molecule is O=C(N[C@@H]1CCCOc2ccccc21)N1CC[C@@](O)(C(F)(F)F)C1. The minimum absolute atomic E-state index is 0.132. The van der Waals surface area contributed by atoms with Crippen molar-refractivity contribution in [2.45, 2.75) is 37.1 Å². The molecule has 0 spiro atoms. The molecule has 0 saturated carbocycles. The van der Waals surface area contributed by atoms with E-state index in [1.165, 1.54) is 0 Å². The maximum atomic E-state index is 12.9. The lowest BCUT2D eigenvalue weighted by atomic mass is 10.0. The van der Waals surface area contributed by atoms with Gasteiger partial charge < -0.3 is 20.1 Å². The topological polar surface area (TPSA) is 61.8 Å². The van der Waals surface area contributed by atoms with Crippen molar-refractivity contribution < 1.29 is 27.8 Å². The standard InChI is InChI=1S/C16H19F3N2O3/c17-16(18,19)15(23)7-8-21(10-15)14(22)20-12-5-3-9-24-13-6-2-1-4-11(12)13/h1-2,4,6,12,23H,3,5,7-10H2,(H,20,22)/t12-,15+/m1/s1. The summed E-state index contributed by atoms with van der Waals surface area (Å²) in [6.45, 7) is -0.346. The van der Waals surface area contributed by atoms with E-state index in [0.717, 1.165) is 16.9 Å². The summed E-state index contributed by atoms with van der Waals surface area (Å²) in [5.74, 6) is 0.675. The van der Waals surface area contributed by atoms with E-state index in [1.54, 1.807) is 6.07 Å². The van der Waals surface area contributed by atoms with Gasteiger partial charge in [-0.2, -0.15) is 13.2 Å². The van der Waals surface area contributed by atoms with Gasteiger partial charge in [0.2, 0.25) is 0 Å². The molecule has 2 heterocycles. The van der Waals surface area contributed by atoms with Crippen molar-refractivity contribution in [3.8, 4) is 5.75 Å². The number of hydrogen-bond acceptors (Lipinski definition) is 3. The van der Waals surface area contributed by atoms with Gasteiger partial charge in [-0.25, -0.2) is 4.79 Å². The van der Waals surface area contributed by atoms with Crippen LogP contribution in [-0.2, 0) is 0 Å². The zero-order valence-electron chi connectivity index (χ0n) is 13.0. The molecule has 3 rings (SSSR count). The molecule has 0 aliphatic carbocycles. The number of hydrogen-bond donors (Lipinski definition) is 2. The Kier molecular flexibility index (Phi) is 4.33. The second kappa shape index (κ2) is 6.16. The van der Waals surface area contributed by atoms with Crippen LogP contribution in [0.4, 0.5) is 18.0 Å². The van der Waals surface area contributed by atoms with Gasteiger partial charge in [-0.05, 0) is 18.9 Å². The number of β-amino-alcohol motifs (C(OH)–C–C–N with tert-alkyl or cyclic N) is 1. The first-order valence-electron chi connectivity index (χ1n) is 7.86. The van der Waals surface area contributed by atoms with E-state index >= 15 is 0 Å². The summed E-state index contributed by atoms with van der Waals surface area (Å²) < 4.78 is 44.2. The van der Waals surface area contributed by atoms with Crippen molar-refractivity contribution in [3.63, 3.8) is 0 Å². The Balaban J connectivity index is 1.70. The summed E-state index contributed by atoms with van der Waals surface area (Å²) in [6.07, 6.45) is -3.88. The highest BCUT2D eigenvalue weighted by Crippen LogP contribution is 2.38. The lowest BCUT2D eigenvalue weighted by Crippen LogP contribution is -2.49. The molecule has 1 saturated heterocycles. The number of fused-ring (bicyclic) bond motifs is 1. The number of halogens is 3. The fraction of sp³-hybridized carbons (Fsp3) is 0.562. The second-order valence-electron chi connectivity index (χ2n) is 6.23. The van der Waals surface area contributed by atoms with Crippen LogP contribution in [0.2, 0.25) is 0 Å². The summed E-state index contributed by atoms with van der Waals surface area (Å²) in [6, 6.07) is 6.37.